The van der Waals surface area contributed by atoms with Gasteiger partial charge in [-0.2, -0.15) is 3.89 Å². The molecule has 0 aromatic heterocycles. The normalized spacial score (nSPS) is 9.73. The highest BCUT2D eigenvalue weighted by atomic mass is 32.2. The van der Waals surface area contributed by atoms with Crippen molar-refractivity contribution in [2.24, 2.45) is 0 Å². The van der Waals surface area contributed by atoms with Crippen LogP contribution < -0.4 is 5.32 Å². The zero-order valence-corrected chi connectivity index (χ0v) is 9.03. The number of halogens is 1. The lowest BCUT2D eigenvalue weighted by Crippen LogP contribution is -2.14. The molecule has 2 N–H and O–H groups in total. The Morgan fingerprint density at radius 2 is 2.20 bits per heavy atom. The number of benzene rings is 1. The molecule has 1 amide bonds. The number of rotatable bonds is 4. The maximum absolute atomic E-state index is 12.4. The van der Waals surface area contributed by atoms with Crippen LogP contribution in [0.5, 0.6) is 0 Å². The molecule has 1 aromatic carbocycles. The largest absolute Gasteiger partial charge is 0.325 e. The second-order valence-corrected chi connectivity index (χ2v) is 3.67. The van der Waals surface area contributed by atoms with Gasteiger partial charge in [0.1, 0.15) is 0 Å². The van der Waals surface area contributed by atoms with Gasteiger partial charge in [-0.25, -0.2) is 0 Å². The van der Waals surface area contributed by atoms with Crippen LogP contribution in [0.1, 0.15) is 13.3 Å². The molecule has 0 unspecified atom stereocenters. The molecule has 1 rings (SSSR count). The van der Waals surface area contributed by atoms with Gasteiger partial charge in [-0.1, -0.05) is 12.1 Å². The Balaban J connectivity index is 2.71. The molecule has 0 aliphatic rings. The SMILES string of the molecule is CC(=N)CC(=O)Nc1ccccc1SF. The first-order chi connectivity index (χ1) is 7.13. The minimum absolute atomic E-state index is 0.0330. The van der Waals surface area contributed by atoms with E-state index in [0.29, 0.717) is 10.6 Å². The maximum Gasteiger partial charge on any atom is 0.230 e. The quantitative estimate of drug-likeness (QED) is 0.775. The maximum atomic E-state index is 12.4. The first-order valence-corrected chi connectivity index (χ1v) is 5.06. The lowest BCUT2D eigenvalue weighted by Gasteiger charge is -2.06. The van der Waals surface area contributed by atoms with Crippen molar-refractivity contribution in [3.05, 3.63) is 24.3 Å². The predicted molar refractivity (Wildman–Crippen MR) is 60.1 cm³/mol. The van der Waals surface area contributed by atoms with Crippen LogP contribution in [-0.2, 0) is 4.79 Å². The third-order valence-electron chi connectivity index (χ3n) is 1.67. The van der Waals surface area contributed by atoms with Gasteiger partial charge >= 0.3 is 0 Å². The van der Waals surface area contributed by atoms with Crippen LogP contribution in [-0.4, -0.2) is 11.6 Å². The Labute approximate surface area is 91.9 Å². The zero-order chi connectivity index (χ0) is 11.3. The van der Waals surface area contributed by atoms with Gasteiger partial charge in [-0.3, -0.25) is 4.79 Å². The molecule has 3 nitrogen and oxygen atoms in total. The van der Waals surface area contributed by atoms with E-state index in [2.05, 4.69) is 5.32 Å². The molecule has 0 radical (unpaired) electrons. The Bertz CT molecular complexity index is 381. The van der Waals surface area contributed by atoms with E-state index < -0.39 is 0 Å². The second-order valence-electron chi connectivity index (χ2n) is 3.08. The molecule has 0 aliphatic heterocycles. The number of carbonyl (C=O) groups excluding carboxylic acids is 1. The summed E-state index contributed by atoms with van der Waals surface area (Å²) in [5, 5.41) is 9.70. The molecule has 1 aromatic rings. The fourth-order valence-corrected chi connectivity index (χ4v) is 1.40. The monoisotopic (exact) mass is 226 g/mol. The van der Waals surface area contributed by atoms with Crippen molar-refractivity contribution in [3.8, 4) is 0 Å². The first-order valence-electron chi connectivity index (χ1n) is 4.35. The van der Waals surface area contributed by atoms with Gasteiger partial charge in [0.05, 0.1) is 29.2 Å². The number of hydrogen-bond donors (Lipinski definition) is 2. The van der Waals surface area contributed by atoms with Crippen LogP contribution in [0.3, 0.4) is 0 Å². The molecule has 0 saturated heterocycles. The third kappa shape index (κ3) is 3.71. The van der Waals surface area contributed by atoms with Crippen LogP contribution in [0, 0.1) is 5.41 Å². The molecule has 80 valence electrons. The summed E-state index contributed by atoms with van der Waals surface area (Å²) in [6.07, 6.45) is 0.0330. The molecule has 0 atom stereocenters. The average Bonchev–Trinajstić information content (AvgIpc) is 2.17. The molecule has 0 aliphatic carbocycles. The van der Waals surface area contributed by atoms with E-state index in [4.69, 9.17) is 5.41 Å². The van der Waals surface area contributed by atoms with Crippen LogP contribution in [0.2, 0.25) is 0 Å². The molecular weight excluding hydrogens is 215 g/mol. The summed E-state index contributed by atoms with van der Waals surface area (Å²) in [7, 11) is 0. The second kappa shape index (κ2) is 5.50. The van der Waals surface area contributed by atoms with Crippen molar-refractivity contribution in [2.45, 2.75) is 18.2 Å². The molecule has 15 heavy (non-hydrogen) atoms. The van der Waals surface area contributed by atoms with E-state index in [0.717, 1.165) is 0 Å². The Morgan fingerprint density at radius 3 is 2.80 bits per heavy atom. The van der Waals surface area contributed by atoms with Crippen molar-refractivity contribution >= 4 is 29.5 Å². The van der Waals surface area contributed by atoms with Gasteiger partial charge in [0.2, 0.25) is 5.91 Å². The third-order valence-corrected chi connectivity index (χ3v) is 2.19. The van der Waals surface area contributed by atoms with Crippen molar-refractivity contribution < 1.29 is 8.68 Å². The first kappa shape index (κ1) is 11.7. The van der Waals surface area contributed by atoms with E-state index in [1.807, 2.05) is 0 Å². The number of para-hydroxylation sites is 1. The van der Waals surface area contributed by atoms with E-state index in [1.54, 1.807) is 31.2 Å². The van der Waals surface area contributed by atoms with E-state index in [9.17, 15) is 8.68 Å². The average molecular weight is 226 g/mol. The van der Waals surface area contributed by atoms with Crippen molar-refractivity contribution in [3.63, 3.8) is 0 Å². The fourth-order valence-electron chi connectivity index (χ4n) is 1.07. The lowest BCUT2D eigenvalue weighted by atomic mass is 10.2. The van der Waals surface area contributed by atoms with Gasteiger partial charge in [0.15, 0.2) is 0 Å². The minimum atomic E-state index is -0.302. The highest BCUT2D eigenvalue weighted by molar-refractivity contribution is 7.94. The highest BCUT2D eigenvalue weighted by Crippen LogP contribution is 2.27. The Hall–Kier alpha value is -1.36. The van der Waals surface area contributed by atoms with Gasteiger partial charge in [0, 0.05) is 5.71 Å². The molecule has 0 fully saturated rings. The highest BCUT2D eigenvalue weighted by Gasteiger charge is 2.07. The molecule has 5 heteroatoms. The molecular formula is C10H11FN2OS. The minimum Gasteiger partial charge on any atom is -0.325 e. The lowest BCUT2D eigenvalue weighted by molar-refractivity contribution is -0.115. The standard InChI is InChI=1S/C10H11FN2OS/c1-7(12)6-10(14)13-8-4-2-3-5-9(8)15-11/h2-5,12H,6H2,1H3,(H,13,14). The van der Waals surface area contributed by atoms with Gasteiger partial charge in [-0.05, 0) is 19.1 Å². The summed E-state index contributed by atoms with van der Waals surface area (Å²) in [5.74, 6) is -0.302. The summed E-state index contributed by atoms with van der Waals surface area (Å²) < 4.78 is 12.4. The van der Waals surface area contributed by atoms with E-state index >= 15 is 0 Å². The summed E-state index contributed by atoms with van der Waals surface area (Å²) >= 11 is 0.0879. The smallest absolute Gasteiger partial charge is 0.230 e. The van der Waals surface area contributed by atoms with Gasteiger partial charge < -0.3 is 10.7 Å². The number of hydrogen-bond acceptors (Lipinski definition) is 3. The molecule has 0 bridgehead atoms. The van der Waals surface area contributed by atoms with E-state index in [-0.39, 0.29) is 30.2 Å². The van der Waals surface area contributed by atoms with Crippen molar-refractivity contribution in [1.29, 1.82) is 5.41 Å². The molecule has 0 saturated carbocycles. The van der Waals surface area contributed by atoms with Crippen LogP contribution >= 0.6 is 12.1 Å². The summed E-state index contributed by atoms with van der Waals surface area (Å²) in [6, 6.07) is 6.61. The van der Waals surface area contributed by atoms with Crippen molar-refractivity contribution in [1.82, 2.24) is 0 Å². The Morgan fingerprint density at radius 1 is 1.53 bits per heavy atom. The topological polar surface area (TPSA) is 53.0 Å². The summed E-state index contributed by atoms with van der Waals surface area (Å²) in [5.41, 5.74) is 0.717. The number of carbonyl (C=O) groups is 1. The van der Waals surface area contributed by atoms with Gasteiger partial charge in [0.25, 0.3) is 0 Å². The van der Waals surface area contributed by atoms with Gasteiger partial charge in [-0.15, -0.1) is 0 Å². The number of nitrogens with one attached hydrogen (secondary N) is 2. The predicted octanol–water partition coefficient (Wildman–Crippen LogP) is 3.03. The zero-order valence-electron chi connectivity index (χ0n) is 8.21. The molecule has 0 heterocycles. The van der Waals surface area contributed by atoms with E-state index in [1.165, 1.54) is 0 Å². The number of amides is 1. The van der Waals surface area contributed by atoms with Crippen molar-refractivity contribution in [2.75, 3.05) is 5.32 Å². The Kier molecular flexibility index (Phi) is 4.30. The summed E-state index contributed by atoms with van der Waals surface area (Å²) in [6.45, 7) is 1.55. The molecule has 0 spiro atoms. The number of anilines is 1. The van der Waals surface area contributed by atoms with Crippen LogP contribution in [0.25, 0.3) is 0 Å². The summed E-state index contributed by atoms with van der Waals surface area (Å²) in [4.78, 5) is 11.7. The fraction of sp³-hybridized carbons (Fsp3) is 0.200. The van der Waals surface area contributed by atoms with Crippen LogP contribution in [0.4, 0.5) is 9.57 Å². The van der Waals surface area contributed by atoms with Crippen LogP contribution in [0.15, 0.2) is 29.2 Å².